The average molecular weight is 542 g/mol. The molecule has 0 atom stereocenters. The topological polar surface area (TPSA) is 158 Å². The van der Waals surface area contributed by atoms with Gasteiger partial charge in [-0.1, -0.05) is 6.07 Å². The van der Waals surface area contributed by atoms with Crippen LogP contribution in [0.4, 0.5) is 0 Å². The third-order valence-electron chi connectivity index (χ3n) is 3.11. The van der Waals surface area contributed by atoms with Gasteiger partial charge < -0.3 is 4.42 Å². The normalized spacial score (nSPS) is 8.00. The van der Waals surface area contributed by atoms with E-state index in [0.717, 1.165) is 0 Å². The van der Waals surface area contributed by atoms with Crippen molar-refractivity contribution in [3.63, 3.8) is 0 Å². The van der Waals surface area contributed by atoms with E-state index in [0.29, 0.717) is 0 Å². The quantitative estimate of drug-likeness (QED) is 0.283. The lowest BCUT2D eigenvalue weighted by Gasteiger charge is -1.70. The van der Waals surface area contributed by atoms with E-state index in [2.05, 4.69) is 59.7 Å². The number of pyridine rings is 1. The van der Waals surface area contributed by atoms with E-state index in [9.17, 15) is 0 Å². The molecule has 7 aromatic rings. The Labute approximate surface area is 230 Å². The molecule has 1 N–H and O–H groups in total. The summed E-state index contributed by atoms with van der Waals surface area (Å²) in [7, 11) is 0. The number of hydrogen-bond donors (Lipinski definition) is 1. The zero-order chi connectivity index (χ0) is 27.6. The van der Waals surface area contributed by atoms with Crippen LogP contribution in [0.15, 0.2) is 164 Å². The van der Waals surface area contributed by atoms with E-state index >= 15 is 0 Å². The predicted molar refractivity (Wildman–Crippen MR) is 148 cm³/mol. The molecule has 7 aromatic heterocycles. The Morgan fingerprint density at radius 2 is 1.10 bits per heavy atom. The lowest BCUT2D eigenvalue weighted by molar-refractivity contribution is 0.558. The first-order chi connectivity index (χ1) is 19.5. The Hall–Kier alpha value is -5.56. The first-order valence-corrected chi connectivity index (χ1v) is 12.0. The Balaban J connectivity index is 0.000000228. The number of oxazole rings is 1. The van der Waals surface area contributed by atoms with E-state index in [1.54, 1.807) is 103 Å². The molecule has 0 aliphatic heterocycles. The molecule has 39 heavy (non-hydrogen) atoms. The summed E-state index contributed by atoms with van der Waals surface area (Å²) in [4.78, 5) is 25.8. The zero-order valence-electron chi connectivity index (χ0n) is 20.8. The van der Waals surface area contributed by atoms with Gasteiger partial charge in [0, 0.05) is 73.5 Å². The standard InChI is InChI=1S/C5H5N.3C4H4N2.C3H4N2.C3H3NO.C3H3NS/c1-2-4-6-5-3-1;2*1-2-5-4-6-3-1;1-2-4-6-5-3-1;1-2-4-5-3-1;2*1-2-5-3-4-1/h1-5H;3*1-4H;1-3H,(H,4,5);2*1-3H. The number of hydrogen-bond acceptors (Lipinski definition) is 12. The Kier molecular flexibility index (Phi) is 23.1. The molecule has 0 aromatic carbocycles. The van der Waals surface area contributed by atoms with Crippen molar-refractivity contribution in [1.82, 2.24) is 55.3 Å². The summed E-state index contributed by atoms with van der Waals surface area (Å²) in [6.45, 7) is 0. The van der Waals surface area contributed by atoms with Crippen molar-refractivity contribution in [2.45, 2.75) is 0 Å². The number of nitrogens with one attached hydrogen (secondary N) is 1. The lowest BCUT2D eigenvalue weighted by Crippen LogP contribution is -1.69. The third-order valence-corrected chi connectivity index (χ3v) is 3.63. The minimum absolute atomic E-state index is 1.38. The van der Waals surface area contributed by atoms with Gasteiger partial charge >= 0.3 is 0 Å². The highest BCUT2D eigenvalue weighted by atomic mass is 32.1. The highest BCUT2D eigenvalue weighted by Crippen LogP contribution is 1.86. The SMILES string of the molecule is c1ccncc1.c1ccnnc1.c1cn[nH]c1.c1cncnc1.c1cncnc1.c1cocn1.c1cscn1. The Morgan fingerprint density at radius 3 is 1.26 bits per heavy atom. The van der Waals surface area contributed by atoms with Crippen LogP contribution >= 0.6 is 11.3 Å². The van der Waals surface area contributed by atoms with Gasteiger partial charge in [0.05, 0.1) is 11.7 Å². The first-order valence-electron chi connectivity index (χ1n) is 11.0. The van der Waals surface area contributed by atoms with Gasteiger partial charge in [-0.15, -0.1) is 11.3 Å². The van der Waals surface area contributed by atoms with Crippen LogP contribution in [0.2, 0.25) is 0 Å². The summed E-state index contributed by atoms with van der Waals surface area (Å²) in [6.07, 6.45) is 26.2. The van der Waals surface area contributed by atoms with Gasteiger partial charge in [-0.2, -0.15) is 15.3 Å². The van der Waals surface area contributed by atoms with Gasteiger partial charge in [0.1, 0.15) is 18.9 Å². The van der Waals surface area contributed by atoms with Crippen molar-refractivity contribution in [2.24, 2.45) is 0 Å². The fourth-order valence-corrected chi connectivity index (χ4v) is 1.99. The smallest absolute Gasteiger partial charge is 0.180 e. The van der Waals surface area contributed by atoms with Gasteiger partial charge in [-0.25, -0.2) is 24.9 Å². The van der Waals surface area contributed by atoms with E-state index in [4.69, 9.17) is 0 Å². The molecule has 198 valence electrons. The summed E-state index contributed by atoms with van der Waals surface area (Å²) in [5.74, 6) is 0. The molecule has 13 heteroatoms. The maximum absolute atomic E-state index is 4.47. The van der Waals surface area contributed by atoms with Crippen LogP contribution in [0.1, 0.15) is 0 Å². The van der Waals surface area contributed by atoms with Gasteiger partial charge in [0.15, 0.2) is 6.39 Å². The van der Waals surface area contributed by atoms with Crippen LogP contribution in [0.3, 0.4) is 0 Å². The maximum Gasteiger partial charge on any atom is 0.180 e. The number of aromatic amines is 1. The van der Waals surface area contributed by atoms with Crippen molar-refractivity contribution in [3.8, 4) is 0 Å². The minimum Gasteiger partial charge on any atom is -0.452 e. The molecule has 0 aliphatic rings. The molecule has 7 heterocycles. The van der Waals surface area contributed by atoms with Gasteiger partial charge in [-0.3, -0.25) is 15.1 Å². The van der Waals surface area contributed by atoms with Gasteiger partial charge in [0.25, 0.3) is 0 Å². The molecule has 12 nitrogen and oxygen atoms in total. The van der Waals surface area contributed by atoms with E-state index < -0.39 is 0 Å². The third kappa shape index (κ3) is 26.9. The Morgan fingerprint density at radius 1 is 0.487 bits per heavy atom. The van der Waals surface area contributed by atoms with Crippen LogP contribution in [0.5, 0.6) is 0 Å². The van der Waals surface area contributed by atoms with Crippen molar-refractivity contribution >= 4 is 11.3 Å². The minimum atomic E-state index is 1.38. The van der Waals surface area contributed by atoms with Crippen LogP contribution in [0.25, 0.3) is 0 Å². The largest absolute Gasteiger partial charge is 0.452 e. The summed E-state index contributed by atoms with van der Waals surface area (Å²) < 4.78 is 4.47. The number of nitrogens with zero attached hydrogens (tertiary/aromatic N) is 10. The second kappa shape index (κ2) is 28.7. The van der Waals surface area contributed by atoms with Crippen LogP contribution < -0.4 is 0 Å². The van der Waals surface area contributed by atoms with Gasteiger partial charge in [-0.05, 0) is 42.5 Å². The van der Waals surface area contributed by atoms with E-state index in [1.807, 2.05) is 41.8 Å². The number of rotatable bonds is 0. The maximum atomic E-state index is 4.47. The fraction of sp³-hybridized carbons (Fsp3) is 0. The number of aromatic nitrogens is 11. The molecule has 7 rings (SSSR count). The van der Waals surface area contributed by atoms with Crippen molar-refractivity contribution in [2.75, 3.05) is 0 Å². The monoisotopic (exact) mass is 541 g/mol. The van der Waals surface area contributed by atoms with E-state index in [-0.39, 0.29) is 0 Å². The lowest BCUT2D eigenvalue weighted by atomic mass is 10.5. The Bertz CT molecular complexity index is 888. The van der Waals surface area contributed by atoms with Crippen molar-refractivity contribution in [1.29, 1.82) is 0 Å². The zero-order valence-corrected chi connectivity index (χ0v) is 21.6. The highest BCUT2D eigenvalue weighted by molar-refractivity contribution is 7.07. The number of thiazole rings is 1. The van der Waals surface area contributed by atoms with Crippen LogP contribution in [-0.4, -0.2) is 55.3 Å². The van der Waals surface area contributed by atoms with E-state index in [1.165, 1.54) is 25.3 Å². The van der Waals surface area contributed by atoms with Crippen LogP contribution in [0, 0.1) is 0 Å². The molecule has 0 unspecified atom stereocenters. The molecular weight excluding hydrogens is 514 g/mol. The second-order valence-corrected chi connectivity index (χ2v) is 6.62. The predicted octanol–water partition coefficient (Wildman–Crippen LogP) is 4.74. The summed E-state index contributed by atoms with van der Waals surface area (Å²) in [6, 6.07) is 14.8. The van der Waals surface area contributed by atoms with Crippen molar-refractivity contribution < 1.29 is 4.42 Å². The fourth-order valence-electron chi connectivity index (χ4n) is 1.64. The molecule has 0 spiro atoms. The molecule has 0 amide bonds. The first kappa shape index (κ1) is 31.5. The summed E-state index contributed by atoms with van der Waals surface area (Å²) >= 11 is 1.60. The summed E-state index contributed by atoms with van der Waals surface area (Å²) in [5, 5.41) is 15.2. The number of H-pyrrole nitrogens is 1. The molecule has 0 aliphatic carbocycles. The molecule has 0 saturated heterocycles. The second-order valence-electron chi connectivity index (χ2n) is 5.86. The highest BCUT2D eigenvalue weighted by Gasteiger charge is 1.62. The molecule has 0 bridgehead atoms. The molecule has 0 saturated carbocycles. The van der Waals surface area contributed by atoms with Crippen LogP contribution in [-0.2, 0) is 0 Å². The van der Waals surface area contributed by atoms with Gasteiger partial charge in [0.2, 0.25) is 0 Å². The molecule has 0 radical (unpaired) electrons. The van der Waals surface area contributed by atoms with Crippen molar-refractivity contribution in [3.05, 3.63) is 159 Å². The summed E-state index contributed by atoms with van der Waals surface area (Å²) in [5.41, 5.74) is 1.79. The molecule has 0 fully saturated rings. The average Bonchev–Trinajstić information content (AvgIpc) is 3.89. The molecular formula is C26H27N11OS.